The average molecular weight is 378 g/mol. The minimum absolute atomic E-state index is 0.0206. The predicted molar refractivity (Wildman–Crippen MR) is 104 cm³/mol. The molecule has 2 aromatic rings. The molecule has 2 heterocycles. The first-order valence-electron chi connectivity index (χ1n) is 8.76. The van der Waals surface area contributed by atoms with Gasteiger partial charge in [0.15, 0.2) is 0 Å². The number of aromatic nitrogens is 1. The lowest BCUT2D eigenvalue weighted by Gasteiger charge is -2.14. The molecule has 3 rings (SSSR count). The number of carbonyl (C=O) groups excluding carboxylic acids is 1. The zero-order valence-electron chi connectivity index (χ0n) is 14.6. The first kappa shape index (κ1) is 18.4. The highest BCUT2D eigenvalue weighted by Crippen LogP contribution is 2.32. The molecular formula is C19H24ClN3OS. The van der Waals surface area contributed by atoms with E-state index in [1.165, 1.54) is 6.42 Å². The standard InChI is InChI=1S/C19H24ClN3OS/c1-12(22-17(24)8-3-14-9-10-21-11-14)18-13(2)23-19(25-18)15-4-6-16(20)7-5-15/h4-7,12,14,21H,3,8-11H2,1-2H3,(H,22,24). The highest BCUT2D eigenvalue weighted by atomic mass is 35.5. The molecule has 0 spiro atoms. The minimum Gasteiger partial charge on any atom is -0.349 e. The molecule has 2 N–H and O–H groups in total. The molecule has 1 aliphatic heterocycles. The van der Waals surface area contributed by atoms with Gasteiger partial charge in [-0.25, -0.2) is 4.98 Å². The lowest BCUT2D eigenvalue weighted by Crippen LogP contribution is -2.27. The van der Waals surface area contributed by atoms with E-state index in [4.69, 9.17) is 11.6 Å². The molecule has 25 heavy (non-hydrogen) atoms. The lowest BCUT2D eigenvalue weighted by atomic mass is 10.0. The summed E-state index contributed by atoms with van der Waals surface area (Å²) in [6, 6.07) is 7.67. The van der Waals surface area contributed by atoms with Crippen LogP contribution in [0.4, 0.5) is 0 Å². The van der Waals surface area contributed by atoms with Crippen molar-refractivity contribution < 1.29 is 4.79 Å². The van der Waals surface area contributed by atoms with E-state index in [1.807, 2.05) is 38.1 Å². The summed E-state index contributed by atoms with van der Waals surface area (Å²) in [4.78, 5) is 18.0. The highest BCUT2D eigenvalue weighted by Gasteiger charge is 2.19. The van der Waals surface area contributed by atoms with Gasteiger partial charge in [-0.15, -0.1) is 11.3 Å². The number of nitrogens with zero attached hydrogens (tertiary/aromatic N) is 1. The number of nitrogens with one attached hydrogen (secondary N) is 2. The SMILES string of the molecule is Cc1nc(-c2ccc(Cl)cc2)sc1C(C)NC(=O)CCC1CCNC1. The summed E-state index contributed by atoms with van der Waals surface area (Å²) in [6.45, 7) is 6.15. The van der Waals surface area contributed by atoms with Crippen LogP contribution in [0.2, 0.25) is 5.02 Å². The van der Waals surface area contributed by atoms with Crippen molar-refractivity contribution >= 4 is 28.8 Å². The molecular weight excluding hydrogens is 354 g/mol. The monoisotopic (exact) mass is 377 g/mol. The molecule has 1 saturated heterocycles. The number of halogens is 1. The number of rotatable bonds is 6. The molecule has 1 aromatic carbocycles. The number of hydrogen-bond donors (Lipinski definition) is 2. The Bertz CT molecular complexity index is 723. The van der Waals surface area contributed by atoms with E-state index in [2.05, 4.69) is 15.6 Å². The summed E-state index contributed by atoms with van der Waals surface area (Å²) in [5.41, 5.74) is 2.03. The summed E-state index contributed by atoms with van der Waals surface area (Å²) in [7, 11) is 0. The van der Waals surface area contributed by atoms with Gasteiger partial charge in [-0.3, -0.25) is 4.79 Å². The van der Waals surface area contributed by atoms with Gasteiger partial charge in [-0.05, 0) is 57.8 Å². The second-order valence-corrected chi connectivity index (χ2v) is 8.13. The number of hydrogen-bond acceptors (Lipinski definition) is 4. The summed E-state index contributed by atoms with van der Waals surface area (Å²) >= 11 is 7.58. The third-order valence-electron chi connectivity index (χ3n) is 4.64. The Hall–Kier alpha value is -1.43. The Morgan fingerprint density at radius 3 is 2.88 bits per heavy atom. The molecule has 0 bridgehead atoms. The van der Waals surface area contributed by atoms with Gasteiger partial charge < -0.3 is 10.6 Å². The van der Waals surface area contributed by atoms with Crippen LogP contribution in [0.3, 0.4) is 0 Å². The van der Waals surface area contributed by atoms with Gasteiger partial charge in [-0.2, -0.15) is 0 Å². The van der Waals surface area contributed by atoms with Gasteiger partial charge in [0.1, 0.15) is 5.01 Å². The largest absolute Gasteiger partial charge is 0.349 e. The maximum absolute atomic E-state index is 12.2. The molecule has 0 saturated carbocycles. The number of aryl methyl sites for hydroxylation is 1. The molecule has 1 fully saturated rings. The molecule has 1 aromatic heterocycles. The Morgan fingerprint density at radius 2 is 2.20 bits per heavy atom. The zero-order chi connectivity index (χ0) is 17.8. The van der Waals surface area contributed by atoms with Crippen LogP contribution in [-0.2, 0) is 4.79 Å². The summed E-state index contributed by atoms with van der Waals surface area (Å²) < 4.78 is 0. The van der Waals surface area contributed by atoms with Crippen LogP contribution >= 0.6 is 22.9 Å². The fourth-order valence-electron chi connectivity index (χ4n) is 3.20. The molecule has 2 atom stereocenters. The smallest absolute Gasteiger partial charge is 0.220 e. The Morgan fingerprint density at radius 1 is 1.44 bits per heavy atom. The Kier molecular flexibility index (Phi) is 6.10. The van der Waals surface area contributed by atoms with E-state index in [0.717, 1.165) is 45.7 Å². The molecule has 2 unspecified atom stereocenters. The van der Waals surface area contributed by atoms with Crippen LogP contribution < -0.4 is 10.6 Å². The van der Waals surface area contributed by atoms with Gasteiger partial charge in [-0.1, -0.05) is 23.7 Å². The average Bonchev–Trinajstić information content (AvgIpc) is 3.23. The van der Waals surface area contributed by atoms with Crippen molar-refractivity contribution in [3.63, 3.8) is 0 Å². The second kappa shape index (κ2) is 8.30. The summed E-state index contributed by atoms with van der Waals surface area (Å²) in [5, 5.41) is 8.15. The molecule has 1 amide bonds. The van der Waals surface area contributed by atoms with E-state index >= 15 is 0 Å². The summed E-state index contributed by atoms with van der Waals surface area (Å²) in [6.07, 6.45) is 2.74. The first-order chi connectivity index (χ1) is 12.0. The first-order valence-corrected chi connectivity index (χ1v) is 9.95. The maximum Gasteiger partial charge on any atom is 0.220 e. The van der Waals surface area contributed by atoms with E-state index < -0.39 is 0 Å². The van der Waals surface area contributed by atoms with Gasteiger partial charge in [0.05, 0.1) is 16.6 Å². The summed E-state index contributed by atoms with van der Waals surface area (Å²) in [5.74, 6) is 0.767. The predicted octanol–water partition coefficient (Wildman–Crippen LogP) is 4.34. The molecule has 0 radical (unpaired) electrons. The fourth-order valence-corrected chi connectivity index (χ4v) is 4.40. The van der Waals surface area contributed by atoms with Crippen LogP contribution in [0.1, 0.15) is 42.8 Å². The van der Waals surface area contributed by atoms with Gasteiger partial charge in [0.2, 0.25) is 5.91 Å². The highest BCUT2D eigenvalue weighted by molar-refractivity contribution is 7.15. The zero-order valence-corrected chi connectivity index (χ0v) is 16.2. The van der Waals surface area contributed by atoms with Crippen molar-refractivity contribution in [1.82, 2.24) is 15.6 Å². The van der Waals surface area contributed by atoms with Gasteiger partial charge in [0.25, 0.3) is 0 Å². The molecule has 134 valence electrons. The maximum atomic E-state index is 12.2. The van der Waals surface area contributed by atoms with Crippen molar-refractivity contribution in [2.45, 2.75) is 39.2 Å². The van der Waals surface area contributed by atoms with Crippen molar-refractivity contribution in [3.05, 3.63) is 39.9 Å². The molecule has 1 aliphatic rings. The lowest BCUT2D eigenvalue weighted by molar-refractivity contribution is -0.122. The third kappa shape index (κ3) is 4.81. The van der Waals surface area contributed by atoms with Gasteiger partial charge in [0, 0.05) is 17.0 Å². The van der Waals surface area contributed by atoms with E-state index in [-0.39, 0.29) is 11.9 Å². The quantitative estimate of drug-likeness (QED) is 0.787. The van der Waals surface area contributed by atoms with E-state index in [9.17, 15) is 4.79 Å². The van der Waals surface area contributed by atoms with Crippen LogP contribution in [0.15, 0.2) is 24.3 Å². The van der Waals surface area contributed by atoms with Crippen molar-refractivity contribution in [1.29, 1.82) is 0 Å². The second-order valence-electron chi connectivity index (χ2n) is 6.66. The van der Waals surface area contributed by atoms with Crippen molar-refractivity contribution in [3.8, 4) is 10.6 Å². The number of amides is 1. The number of thiazole rings is 1. The number of benzene rings is 1. The van der Waals surface area contributed by atoms with E-state index in [0.29, 0.717) is 12.3 Å². The molecule has 6 heteroatoms. The van der Waals surface area contributed by atoms with Crippen molar-refractivity contribution in [2.24, 2.45) is 5.92 Å². The van der Waals surface area contributed by atoms with Crippen LogP contribution in [0, 0.1) is 12.8 Å². The minimum atomic E-state index is -0.0206. The van der Waals surface area contributed by atoms with Crippen molar-refractivity contribution in [2.75, 3.05) is 13.1 Å². The van der Waals surface area contributed by atoms with Crippen LogP contribution in [-0.4, -0.2) is 24.0 Å². The molecule has 0 aliphatic carbocycles. The third-order valence-corrected chi connectivity index (χ3v) is 6.28. The molecule has 4 nitrogen and oxygen atoms in total. The number of carbonyl (C=O) groups is 1. The fraction of sp³-hybridized carbons (Fsp3) is 0.474. The topological polar surface area (TPSA) is 54.0 Å². The normalized spacial score (nSPS) is 18.3. The van der Waals surface area contributed by atoms with Gasteiger partial charge >= 0.3 is 0 Å². The van der Waals surface area contributed by atoms with E-state index in [1.54, 1.807) is 11.3 Å². The van der Waals surface area contributed by atoms with Crippen LogP contribution in [0.25, 0.3) is 10.6 Å². The Labute approximate surface area is 158 Å². The Balaban J connectivity index is 1.60. The van der Waals surface area contributed by atoms with Crippen LogP contribution in [0.5, 0.6) is 0 Å².